The summed E-state index contributed by atoms with van der Waals surface area (Å²) in [7, 11) is 1.63. The first-order valence-electron chi connectivity index (χ1n) is 4.46. The number of hydrogen-bond acceptors (Lipinski definition) is 3. The van der Waals surface area contributed by atoms with E-state index in [0.29, 0.717) is 6.79 Å². The Balaban J connectivity index is 2.99. The minimum atomic E-state index is 0.303. The Morgan fingerprint density at radius 1 is 1.29 bits per heavy atom. The Morgan fingerprint density at radius 2 is 2.00 bits per heavy atom. The maximum Gasteiger partial charge on any atom is 0.188 e. The predicted molar refractivity (Wildman–Crippen MR) is 60.2 cm³/mol. The van der Waals surface area contributed by atoms with Crippen LogP contribution in [0.1, 0.15) is 11.1 Å². The van der Waals surface area contributed by atoms with E-state index in [9.17, 15) is 0 Å². The van der Waals surface area contributed by atoms with Crippen molar-refractivity contribution < 1.29 is 9.47 Å². The van der Waals surface area contributed by atoms with Crippen LogP contribution in [0.4, 0.5) is 0 Å². The molecule has 0 N–H and O–H groups in total. The molecule has 0 unspecified atom stereocenters. The van der Waals surface area contributed by atoms with Crippen LogP contribution in [-0.4, -0.2) is 20.2 Å². The number of thioether (sulfide) groups is 1. The Hall–Kier alpha value is -0.670. The highest BCUT2D eigenvalue weighted by atomic mass is 32.2. The fraction of sp³-hybridized carbons (Fsp3) is 0.455. The largest absolute Gasteiger partial charge is 0.466 e. The van der Waals surface area contributed by atoms with Crippen LogP contribution in [0, 0.1) is 13.8 Å². The van der Waals surface area contributed by atoms with Gasteiger partial charge in [0, 0.05) is 12.0 Å². The summed E-state index contributed by atoms with van der Waals surface area (Å²) in [5.41, 5.74) is 2.42. The van der Waals surface area contributed by atoms with Crippen molar-refractivity contribution in [2.45, 2.75) is 18.7 Å². The Morgan fingerprint density at radius 3 is 2.57 bits per heavy atom. The fourth-order valence-corrected chi connectivity index (χ4v) is 2.08. The van der Waals surface area contributed by atoms with Crippen molar-refractivity contribution in [2.24, 2.45) is 0 Å². The molecule has 0 aliphatic rings. The van der Waals surface area contributed by atoms with Crippen LogP contribution in [-0.2, 0) is 4.74 Å². The summed E-state index contributed by atoms with van der Waals surface area (Å²) >= 11 is 1.69. The zero-order valence-electron chi connectivity index (χ0n) is 9.09. The standard InChI is InChI=1S/C11H16O2S/c1-8-5-9(2)11(13-7-12-3)10(6-8)14-4/h5-6H,7H2,1-4H3. The molecule has 0 aromatic heterocycles. The molecule has 0 saturated heterocycles. The van der Waals surface area contributed by atoms with Crippen LogP contribution in [0.5, 0.6) is 5.75 Å². The van der Waals surface area contributed by atoms with Gasteiger partial charge in [0.25, 0.3) is 0 Å². The zero-order valence-corrected chi connectivity index (χ0v) is 9.90. The van der Waals surface area contributed by atoms with E-state index in [2.05, 4.69) is 26.0 Å². The van der Waals surface area contributed by atoms with E-state index in [0.717, 1.165) is 11.3 Å². The first-order valence-corrected chi connectivity index (χ1v) is 5.68. The first kappa shape index (κ1) is 11.4. The third kappa shape index (κ3) is 2.66. The molecule has 14 heavy (non-hydrogen) atoms. The molecule has 0 aliphatic carbocycles. The van der Waals surface area contributed by atoms with E-state index in [1.54, 1.807) is 18.9 Å². The van der Waals surface area contributed by atoms with Gasteiger partial charge in [-0.2, -0.15) is 0 Å². The van der Waals surface area contributed by atoms with Crippen LogP contribution in [0.3, 0.4) is 0 Å². The molecular formula is C11H16O2S. The van der Waals surface area contributed by atoms with Crippen LogP contribution >= 0.6 is 11.8 Å². The molecule has 1 rings (SSSR count). The summed E-state index contributed by atoms with van der Waals surface area (Å²) in [6.45, 7) is 4.45. The first-order chi connectivity index (χ1) is 6.69. The summed E-state index contributed by atoms with van der Waals surface area (Å²) in [5, 5.41) is 0. The lowest BCUT2D eigenvalue weighted by Crippen LogP contribution is -2.01. The molecule has 1 aromatic carbocycles. The second-order valence-electron chi connectivity index (χ2n) is 3.16. The van der Waals surface area contributed by atoms with Gasteiger partial charge < -0.3 is 9.47 Å². The van der Waals surface area contributed by atoms with Gasteiger partial charge in [0.15, 0.2) is 6.79 Å². The molecule has 0 radical (unpaired) electrons. The average Bonchev–Trinajstić information content (AvgIpc) is 2.15. The summed E-state index contributed by atoms with van der Waals surface area (Å²) < 4.78 is 10.4. The van der Waals surface area contributed by atoms with Crippen LogP contribution in [0.25, 0.3) is 0 Å². The van der Waals surface area contributed by atoms with E-state index >= 15 is 0 Å². The van der Waals surface area contributed by atoms with Crippen LogP contribution < -0.4 is 4.74 Å². The van der Waals surface area contributed by atoms with Crippen molar-refractivity contribution in [3.8, 4) is 5.75 Å². The average molecular weight is 212 g/mol. The molecule has 0 bridgehead atoms. The van der Waals surface area contributed by atoms with E-state index in [1.807, 2.05) is 6.26 Å². The normalized spacial score (nSPS) is 10.3. The molecule has 0 heterocycles. The van der Waals surface area contributed by atoms with Crippen molar-refractivity contribution in [3.05, 3.63) is 23.3 Å². The van der Waals surface area contributed by atoms with Gasteiger partial charge in [-0.1, -0.05) is 6.07 Å². The maximum absolute atomic E-state index is 5.52. The van der Waals surface area contributed by atoms with Gasteiger partial charge in [-0.3, -0.25) is 0 Å². The topological polar surface area (TPSA) is 18.5 Å². The highest BCUT2D eigenvalue weighted by Crippen LogP contribution is 2.32. The Bertz CT molecular complexity index is 310. The van der Waals surface area contributed by atoms with Crippen molar-refractivity contribution in [1.29, 1.82) is 0 Å². The van der Waals surface area contributed by atoms with Crippen molar-refractivity contribution in [1.82, 2.24) is 0 Å². The van der Waals surface area contributed by atoms with E-state index in [1.165, 1.54) is 10.5 Å². The molecular weight excluding hydrogens is 196 g/mol. The molecule has 1 aromatic rings. The SMILES string of the molecule is COCOc1c(C)cc(C)cc1SC. The number of benzene rings is 1. The lowest BCUT2D eigenvalue weighted by atomic mass is 10.1. The molecule has 78 valence electrons. The summed E-state index contributed by atoms with van der Waals surface area (Å²) in [6.07, 6.45) is 2.05. The van der Waals surface area contributed by atoms with E-state index in [4.69, 9.17) is 9.47 Å². The highest BCUT2D eigenvalue weighted by Gasteiger charge is 2.07. The van der Waals surface area contributed by atoms with Crippen molar-refractivity contribution in [2.75, 3.05) is 20.2 Å². The summed E-state index contributed by atoms with van der Waals surface area (Å²) in [5.74, 6) is 0.935. The van der Waals surface area contributed by atoms with Crippen molar-refractivity contribution in [3.63, 3.8) is 0 Å². The monoisotopic (exact) mass is 212 g/mol. The van der Waals surface area contributed by atoms with E-state index in [-0.39, 0.29) is 0 Å². The molecule has 2 nitrogen and oxygen atoms in total. The fourth-order valence-electron chi connectivity index (χ4n) is 1.37. The molecule has 0 aliphatic heterocycles. The highest BCUT2D eigenvalue weighted by molar-refractivity contribution is 7.98. The molecule has 0 fully saturated rings. The van der Waals surface area contributed by atoms with Gasteiger partial charge in [-0.25, -0.2) is 0 Å². The molecule has 0 amide bonds. The quantitative estimate of drug-likeness (QED) is 0.564. The van der Waals surface area contributed by atoms with Gasteiger partial charge in [-0.05, 0) is 37.3 Å². The Kier molecular flexibility index (Phi) is 4.29. The lowest BCUT2D eigenvalue weighted by molar-refractivity contribution is 0.0486. The van der Waals surface area contributed by atoms with E-state index < -0.39 is 0 Å². The zero-order chi connectivity index (χ0) is 10.6. The van der Waals surface area contributed by atoms with Gasteiger partial charge >= 0.3 is 0 Å². The molecule has 0 atom stereocenters. The van der Waals surface area contributed by atoms with Crippen molar-refractivity contribution >= 4 is 11.8 Å². The van der Waals surface area contributed by atoms with Gasteiger partial charge in [0.05, 0.1) is 0 Å². The smallest absolute Gasteiger partial charge is 0.188 e. The Labute approximate surface area is 89.6 Å². The molecule has 0 spiro atoms. The summed E-state index contributed by atoms with van der Waals surface area (Å²) in [4.78, 5) is 1.17. The van der Waals surface area contributed by atoms with Gasteiger partial charge in [-0.15, -0.1) is 11.8 Å². The molecule has 3 heteroatoms. The lowest BCUT2D eigenvalue weighted by Gasteiger charge is -2.12. The number of aryl methyl sites for hydroxylation is 2. The van der Waals surface area contributed by atoms with Gasteiger partial charge in [0.1, 0.15) is 5.75 Å². The number of methoxy groups -OCH3 is 1. The minimum absolute atomic E-state index is 0.303. The second kappa shape index (κ2) is 5.27. The van der Waals surface area contributed by atoms with Crippen LogP contribution in [0.15, 0.2) is 17.0 Å². The number of ether oxygens (including phenoxy) is 2. The third-order valence-corrected chi connectivity index (χ3v) is 2.67. The number of hydrogen-bond donors (Lipinski definition) is 0. The van der Waals surface area contributed by atoms with Crippen LogP contribution in [0.2, 0.25) is 0 Å². The summed E-state index contributed by atoms with van der Waals surface area (Å²) in [6, 6.07) is 4.24. The van der Waals surface area contributed by atoms with Gasteiger partial charge in [0.2, 0.25) is 0 Å². The molecule has 0 saturated carbocycles. The predicted octanol–water partition coefficient (Wildman–Crippen LogP) is 3.01. The number of rotatable bonds is 4. The maximum atomic E-state index is 5.52. The minimum Gasteiger partial charge on any atom is -0.466 e. The third-order valence-electron chi connectivity index (χ3n) is 1.93. The second-order valence-corrected chi connectivity index (χ2v) is 4.01.